The number of amides is 2. The molecule has 0 radical (unpaired) electrons. The second-order valence-corrected chi connectivity index (χ2v) is 7.15. The van der Waals surface area contributed by atoms with Crippen molar-refractivity contribution >= 4 is 11.8 Å². The second-order valence-electron chi connectivity index (χ2n) is 7.15. The summed E-state index contributed by atoms with van der Waals surface area (Å²) in [6, 6.07) is 19.8. The molecule has 5 nitrogen and oxygen atoms in total. The van der Waals surface area contributed by atoms with Gasteiger partial charge in [-0.05, 0) is 18.1 Å². The van der Waals surface area contributed by atoms with Crippen molar-refractivity contribution in [1.82, 2.24) is 10.2 Å². The topological polar surface area (TPSA) is 53.9 Å². The normalized spacial score (nSPS) is 16.2. The highest BCUT2D eigenvalue weighted by atomic mass is 16.2. The van der Waals surface area contributed by atoms with Gasteiger partial charge in [0.05, 0.1) is 32.2 Å². The molecule has 0 unspecified atom stereocenters. The summed E-state index contributed by atoms with van der Waals surface area (Å²) in [5.74, 6) is 0.151. The Morgan fingerprint density at radius 2 is 1.41 bits per heavy atom. The molecule has 1 aliphatic rings. The van der Waals surface area contributed by atoms with Gasteiger partial charge in [-0.2, -0.15) is 0 Å². The van der Waals surface area contributed by atoms with Crippen LogP contribution in [-0.2, 0) is 9.59 Å². The zero-order valence-corrected chi connectivity index (χ0v) is 16.0. The maximum absolute atomic E-state index is 13.0. The molecular weight excluding hydrogens is 338 g/mol. The Morgan fingerprint density at radius 1 is 0.926 bits per heavy atom. The maximum Gasteiger partial charge on any atom is 0.278 e. The Balaban J connectivity index is 1.70. The van der Waals surface area contributed by atoms with Gasteiger partial charge < -0.3 is 15.1 Å². The van der Waals surface area contributed by atoms with Crippen LogP contribution < -0.4 is 10.2 Å². The molecule has 0 bridgehead atoms. The molecule has 0 saturated carbocycles. The number of nitrogens with zero attached hydrogens (tertiary/aromatic N) is 1. The predicted molar refractivity (Wildman–Crippen MR) is 105 cm³/mol. The summed E-state index contributed by atoms with van der Waals surface area (Å²) >= 11 is 0. The number of hydrogen-bond acceptors (Lipinski definition) is 2. The first kappa shape index (κ1) is 19.1. The SMILES string of the molecule is CC(=O)N1CC[NH+]([C@@H](C)C(=O)NC(c2ccccc2)c2ccccc2)CC1. The Hall–Kier alpha value is -2.66. The maximum atomic E-state index is 13.0. The molecule has 2 aromatic rings. The van der Waals surface area contributed by atoms with Crippen LogP contribution in [0.2, 0.25) is 0 Å². The Kier molecular flexibility index (Phi) is 6.24. The Morgan fingerprint density at radius 3 is 1.85 bits per heavy atom. The minimum Gasteiger partial charge on any atom is -0.340 e. The van der Waals surface area contributed by atoms with Crippen LogP contribution in [0, 0.1) is 0 Å². The molecule has 5 heteroatoms. The highest BCUT2D eigenvalue weighted by Crippen LogP contribution is 2.21. The standard InChI is InChI=1S/C22H27N3O2/c1-17(24-13-15-25(16-14-24)18(2)26)22(27)23-21(19-9-5-3-6-10-19)20-11-7-4-8-12-20/h3-12,17,21H,13-16H2,1-2H3,(H,23,27)/p+1/t17-/m0/s1. The monoisotopic (exact) mass is 366 g/mol. The average molecular weight is 366 g/mol. The van der Waals surface area contributed by atoms with Crippen molar-refractivity contribution in [2.24, 2.45) is 0 Å². The van der Waals surface area contributed by atoms with Gasteiger partial charge >= 0.3 is 0 Å². The van der Waals surface area contributed by atoms with E-state index in [2.05, 4.69) is 5.32 Å². The Labute approximate surface area is 161 Å². The number of carbonyl (C=O) groups is 2. The van der Waals surface area contributed by atoms with Gasteiger partial charge in [-0.25, -0.2) is 0 Å². The smallest absolute Gasteiger partial charge is 0.278 e. The molecule has 0 spiro atoms. The minimum atomic E-state index is -0.166. The predicted octanol–water partition coefficient (Wildman–Crippen LogP) is 1.03. The lowest BCUT2D eigenvalue weighted by atomic mass is 9.98. The van der Waals surface area contributed by atoms with E-state index < -0.39 is 0 Å². The van der Waals surface area contributed by atoms with Crippen LogP contribution in [0.4, 0.5) is 0 Å². The first-order chi connectivity index (χ1) is 13.1. The van der Waals surface area contributed by atoms with Crippen LogP contribution >= 0.6 is 0 Å². The summed E-state index contributed by atoms with van der Waals surface area (Å²) in [5, 5.41) is 3.24. The summed E-state index contributed by atoms with van der Waals surface area (Å²) in [6.07, 6.45) is 0. The summed E-state index contributed by atoms with van der Waals surface area (Å²) in [5.41, 5.74) is 2.14. The van der Waals surface area contributed by atoms with Crippen molar-refractivity contribution in [3.63, 3.8) is 0 Å². The van der Waals surface area contributed by atoms with Crippen LogP contribution in [0.5, 0.6) is 0 Å². The van der Waals surface area contributed by atoms with Gasteiger partial charge in [0.15, 0.2) is 6.04 Å². The number of rotatable bonds is 5. The van der Waals surface area contributed by atoms with Crippen molar-refractivity contribution in [3.05, 3.63) is 71.8 Å². The molecule has 1 atom stereocenters. The molecule has 2 aromatic carbocycles. The van der Waals surface area contributed by atoms with E-state index in [9.17, 15) is 9.59 Å². The molecule has 1 heterocycles. The molecule has 27 heavy (non-hydrogen) atoms. The van der Waals surface area contributed by atoms with E-state index in [0.717, 1.165) is 24.2 Å². The van der Waals surface area contributed by atoms with Crippen molar-refractivity contribution in [1.29, 1.82) is 0 Å². The van der Waals surface area contributed by atoms with Gasteiger partial charge in [0.1, 0.15) is 0 Å². The minimum absolute atomic E-state index is 0.0407. The quantitative estimate of drug-likeness (QED) is 0.830. The fraction of sp³-hybridized carbons (Fsp3) is 0.364. The summed E-state index contributed by atoms with van der Waals surface area (Å²) in [7, 11) is 0. The third-order valence-corrected chi connectivity index (χ3v) is 5.41. The van der Waals surface area contributed by atoms with Crippen molar-refractivity contribution in [3.8, 4) is 0 Å². The largest absolute Gasteiger partial charge is 0.340 e. The van der Waals surface area contributed by atoms with Crippen LogP contribution in [-0.4, -0.2) is 48.9 Å². The molecule has 142 valence electrons. The molecule has 2 amide bonds. The lowest BCUT2D eigenvalue weighted by Gasteiger charge is -2.35. The van der Waals surface area contributed by atoms with Gasteiger partial charge in [-0.3, -0.25) is 9.59 Å². The number of hydrogen-bond donors (Lipinski definition) is 2. The number of benzene rings is 2. The summed E-state index contributed by atoms with van der Waals surface area (Å²) in [4.78, 5) is 27.6. The summed E-state index contributed by atoms with van der Waals surface area (Å²) < 4.78 is 0. The van der Waals surface area contributed by atoms with E-state index in [4.69, 9.17) is 0 Å². The number of carbonyl (C=O) groups excluding carboxylic acids is 2. The van der Waals surface area contributed by atoms with Crippen LogP contribution in [0.1, 0.15) is 31.0 Å². The lowest BCUT2D eigenvalue weighted by molar-refractivity contribution is -0.918. The number of quaternary nitrogens is 1. The fourth-order valence-corrected chi connectivity index (χ4v) is 3.64. The van der Waals surface area contributed by atoms with Crippen molar-refractivity contribution < 1.29 is 14.5 Å². The van der Waals surface area contributed by atoms with E-state index >= 15 is 0 Å². The molecule has 1 aliphatic heterocycles. The van der Waals surface area contributed by atoms with E-state index in [1.165, 1.54) is 4.90 Å². The molecule has 2 N–H and O–H groups in total. The molecule has 1 fully saturated rings. The second kappa shape index (κ2) is 8.82. The van der Waals surface area contributed by atoms with Gasteiger partial charge in [0.2, 0.25) is 5.91 Å². The third-order valence-electron chi connectivity index (χ3n) is 5.41. The first-order valence-corrected chi connectivity index (χ1v) is 9.56. The average Bonchev–Trinajstić information content (AvgIpc) is 2.72. The molecule has 0 aliphatic carbocycles. The van der Waals surface area contributed by atoms with Gasteiger partial charge in [0.25, 0.3) is 5.91 Å². The third kappa shape index (κ3) is 4.74. The number of piperazine rings is 1. The van der Waals surface area contributed by atoms with Crippen LogP contribution in [0.15, 0.2) is 60.7 Å². The highest BCUT2D eigenvalue weighted by molar-refractivity contribution is 5.81. The molecule has 3 rings (SSSR count). The van der Waals surface area contributed by atoms with Gasteiger partial charge in [-0.1, -0.05) is 60.7 Å². The molecule has 1 saturated heterocycles. The van der Waals surface area contributed by atoms with E-state index in [-0.39, 0.29) is 23.9 Å². The van der Waals surface area contributed by atoms with Gasteiger partial charge in [0, 0.05) is 6.92 Å². The van der Waals surface area contributed by atoms with E-state index in [1.54, 1.807) is 6.92 Å². The fourth-order valence-electron chi connectivity index (χ4n) is 3.64. The summed E-state index contributed by atoms with van der Waals surface area (Å²) in [6.45, 7) is 6.60. The van der Waals surface area contributed by atoms with Crippen molar-refractivity contribution in [2.75, 3.05) is 26.2 Å². The number of nitrogens with one attached hydrogen (secondary N) is 2. The highest BCUT2D eigenvalue weighted by Gasteiger charge is 2.31. The first-order valence-electron chi connectivity index (χ1n) is 9.56. The molecular formula is C22H28N3O2+. The van der Waals surface area contributed by atoms with Crippen molar-refractivity contribution in [2.45, 2.75) is 25.9 Å². The zero-order valence-electron chi connectivity index (χ0n) is 16.0. The Bertz CT molecular complexity index is 716. The van der Waals surface area contributed by atoms with E-state index in [0.29, 0.717) is 13.1 Å². The van der Waals surface area contributed by atoms with E-state index in [1.807, 2.05) is 72.5 Å². The van der Waals surface area contributed by atoms with Crippen LogP contribution in [0.25, 0.3) is 0 Å². The zero-order chi connectivity index (χ0) is 19.2. The molecule has 0 aromatic heterocycles. The van der Waals surface area contributed by atoms with Gasteiger partial charge in [-0.15, -0.1) is 0 Å². The van der Waals surface area contributed by atoms with Crippen LogP contribution in [0.3, 0.4) is 0 Å². The lowest BCUT2D eigenvalue weighted by Crippen LogP contribution is -3.19.